The van der Waals surface area contributed by atoms with Gasteiger partial charge in [0.1, 0.15) is 11.6 Å². The van der Waals surface area contributed by atoms with Crippen LogP contribution in [0.4, 0.5) is 8.78 Å². The van der Waals surface area contributed by atoms with E-state index in [4.69, 9.17) is 5.73 Å². The van der Waals surface area contributed by atoms with E-state index in [1.165, 1.54) is 40.9 Å². The molecule has 232 valence electrons. The maximum atomic E-state index is 14.9. The largest absolute Gasteiger partial charge is 0.402 e. The van der Waals surface area contributed by atoms with Crippen LogP contribution in [0.2, 0.25) is 0 Å². The van der Waals surface area contributed by atoms with Crippen molar-refractivity contribution in [3.8, 4) is 11.1 Å². The fraction of sp³-hybridized carbons (Fsp3) is 0.294. The number of nitrogens with two attached hydrogens (primary N) is 1. The smallest absolute Gasteiger partial charge is 0.253 e. The van der Waals surface area contributed by atoms with Crippen LogP contribution in [0.1, 0.15) is 46.0 Å². The number of aliphatic hydroxyl groups is 1. The van der Waals surface area contributed by atoms with E-state index in [1.54, 1.807) is 19.4 Å². The number of carbonyl (C=O) groups is 2. The minimum atomic E-state index is -0.874. The van der Waals surface area contributed by atoms with Crippen LogP contribution in [0, 0.1) is 11.6 Å². The summed E-state index contributed by atoms with van der Waals surface area (Å²) in [5, 5.41) is 19.3. The van der Waals surface area contributed by atoms with Crippen molar-refractivity contribution in [1.82, 2.24) is 15.5 Å². The van der Waals surface area contributed by atoms with Gasteiger partial charge in [0.2, 0.25) is 0 Å². The minimum absolute atomic E-state index is 0.0392. The molecule has 0 unspecified atom stereocenters. The number of allylic oxidation sites excluding steroid dienone is 1. The number of hydrogen-bond acceptors (Lipinski definition) is 6. The zero-order valence-corrected chi connectivity index (χ0v) is 25.7. The lowest BCUT2D eigenvalue weighted by Gasteiger charge is -2.29. The normalized spacial score (nSPS) is 16.3. The topological polar surface area (TPSA) is 108 Å². The first kappa shape index (κ1) is 32.9. The van der Waals surface area contributed by atoms with Crippen molar-refractivity contribution in [2.75, 3.05) is 20.1 Å². The number of rotatable bonds is 12. The monoisotopic (exact) mass is 620 g/mol. The molecule has 4 rings (SSSR count). The van der Waals surface area contributed by atoms with Gasteiger partial charge in [-0.2, -0.15) is 0 Å². The molecule has 1 fully saturated rings. The lowest BCUT2D eigenvalue weighted by molar-refractivity contribution is 0.0738. The van der Waals surface area contributed by atoms with Crippen molar-refractivity contribution >= 4 is 23.6 Å². The van der Waals surface area contributed by atoms with Gasteiger partial charge in [-0.15, -0.1) is 0 Å². The van der Waals surface area contributed by atoms with Gasteiger partial charge in [-0.25, -0.2) is 8.78 Å². The molecule has 0 radical (unpaired) electrons. The fourth-order valence-electron chi connectivity index (χ4n) is 5.19. The standard InChI is InChI=1S/C34H38F2N4O3S/c1-21(37)20-44-22(2)19-40(3)34(43)26-16-24(28-12-11-27(35)18-29(28)36)15-25(17-26)33(42)39-31(14-23-8-5-4-6-9-23)32(41)30-10-7-13-38-30/h4-6,8-9,11-12,15-18,20,30-32,38,41H,2,7,10,13-14,19,37H2,1,3H3,(H,39,42)/b21-20-/t30-,31+,32-/m1/s1. The van der Waals surface area contributed by atoms with Crippen LogP contribution >= 0.6 is 11.8 Å². The molecule has 0 bridgehead atoms. The van der Waals surface area contributed by atoms with E-state index in [9.17, 15) is 23.5 Å². The Balaban J connectivity index is 1.67. The van der Waals surface area contributed by atoms with E-state index < -0.39 is 35.6 Å². The summed E-state index contributed by atoms with van der Waals surface area (Å²) in [6.45, 7) is 6.71. The molecule has 44 heavy (non-hydrogen) atoms. The van der Waals surface area contributed by atoms with Crippen LogP contribution < -0.4 is 16.4 Å². The van der Waals surface area contributed by atoms with E-state index in [2.05, 4.69) is 17.2 Å². The van der Waals surface area contributed by atoms with Crippen LogP contribution in [0.15, 0.2) is 89.3 Å². The first-order valence-corrected chi connectivity index (χ1v) is 15.3. The third kappa shape index (κ3) is 8.78. The molecule has 0 aromatic heterocycles. The third-order valence-electron chi connectivity index (χ3n) is 7.39. The molecule has 0 saturated carbocycles. The SMILES string of the molecule is C=C(CN(C)C(=O)c1cc(C(=O)N[C@@H](Cc2ccccc2)[C@H](O)[C@H]2CCCN2)cc(-c2ccc(F)cc2F)c1)S/C=C(/C)N. The lowest BCUT2D eigenvalue weighted by Crippen LogP contribution is -2.52. The predicted molar refractivity (Wildman–Crippen MR) is 172 cm³/mol. The van der Waals surface area contributed by atoms with Crippen molar-refractivity contribution < 1.29 is 23.5 Å². The minimum Gasteiger partial charge on any atom is -0.402 e. The zero-order chi connectivity index (χ0) is 31.8. The lowest BCUT2D eigenvalue weighted by atomic mass is 9.94. The summed E-state index contributed by atoms with van der Waals surface area (Å²) in [7, 11) is 1.60. The maximum Gasteiger partial charge on any atom is 0.253 e. The number of hydrogen-bond donors (Lipinski definition) is 4. The molecule has 1 aliphatic rings. The molecule has 3 atom stereocenters. The van der Waals surface area contributed by atoms with Gasteiger partial charge in [-0.1, -0.05) is 48.7 Å². The first-order valence-electron chi connectivity index (χ1n) is 14.4. The van der Waals surface area contributed by atoms with Crippen molar-refractivity contribution in [2.24, 2.45) is 5.73 Å². The first-order chi connectivity index (χ1) is 21.0. The second-order valence-electron chi connectivity index (χ2n) is 11.1. The molecule has 3 aromatic carbocycles. The summed E-state index contributed by atoms with van der Waals surface area (Å²) in [5.41, 5.74) is 7.76. The summed E-state index contributed by atoms with van der Waals surface area (Å²) < 4.78 is 28.6. The van der Waals surface area contributed by atoms with Crippen LogP contribution in [0.25, 0.3) is 11.1 Å². The van der Waals surface area contributed by atoms with Gasteiger partial charge in [-0.3, -0.25) is 9.59 Å². The van der Waals surface area contributed by atoms with E-state index in [1.807, 2.05) is 30.3 Å². The van der Waals surface area contributed by atoms with Gasteiger partial charge in [0.05, 0.1) is 18.7 Å². The van der Waals surface area contributed by atoms with E-state index in [0.29, 0.717) is 17.0 Å². The molecule has 10 heteroatoms. The van der Waals surface area contributed by atoms with E-state index >= 15 is 0 Å². The Morgan fingerprint density at radius 3 is 2.55 bits per heavy atom. The van der Waals surface area contributed by atoms with E-state index in [0.717, 1.165) is 37.1 Å². The molecule has 1 saturated heterocycles. The van der Waals surface area contributed by atoms with Gasteiger partial charge in [0.15, 0.2) is 0 Å². The maximum absolute atomic E-state index is 14.9. The molecule has 2 amide bonds. The molecule has 7 nitrogen and oxygen atoms in total. The zero-order valence-electron chi connectivity index (χ0n) is 24.9. The van der Waals surface area contributed by atoms with Gasteiger partial charge in [0, 0.05) is 46.4 Å². The van der Waals surface area contributed by atoms with Crippen molar-refractivity contribution in [1.29, 1.82) is 0 Å². The highest BCUT2D eigenvalue weighted by atomic mass is 32.2. The number of carbonyl (C=O) groups excluding carboxylic acids is 2. The average molecular weight is 621 g/mol. The molecular weight excluding hydrogens is 582 g/mol. The number of likely N-dealkylation sites (N-methyl/N-ethyl adjacent to an activating group) is 1. The summed E-state index contributed by atoms with van der Waals surface area (Å²) >= 11 is 1.30. The van der Waals surface area contributed by atoms with Gasteiger partial charge in [0.25, 0.3) is 11.8 Å². The third-order valence-corrected chi connectivity index (χ3v) is 8.35. The highest BCUT2D eigenvalue weighted by Crippen LogP contribution is 2.27. The number of amides is 2. The number of thioether (sulfide) groups is 1. The van der Waals surface area contributed by atoms with Gasteiger partial charge >= 0.3 is 0 Å². The summed E-state index contributed by atoms with van der Waals surface area (Å²) in [4.78, 5) is 29.5. The average Bonchev–Trinajstić information content (AvgIpc) is 3.54. The van der Waals surface area contributed by atoms with Gasteiger partial charge in [-0.05, 0) is 79.6 Å². The van der Waals surface area contributed by atoms with Crippen LogP contribution in [0.5, 0.6) is 0 Å². The van der Waals surface area contributed by atoms with Crippen LogP contribution in [-0.4, -0.2) is 60.1 Å². The van der Waals surface area contributed by atoms with Crippen LogP contribution in [-0.2, 0) is 6.42 Å². The molecule has 0 spiro atoms. The summed E-state index contributed by atoms with van der Waals surface area (Å²) in [5.74, 6) is -2.53. The predicted octanol–water partition coefficient (Wildman–Crippen LogP) is 5.22. The number of nitrogens with zero attached hydrogens (tertiary/aromatic N) is 1. The number of benzene rings is 3. The number of aliphatic hydroxyl groups excluding tert-OH is 1. The highest BCUT2D eigenvalue weighted by molar-refractivity contribution is 8.05. The second kappa shape index (κ2) is 15.1. The molecule has 0 aliphatic carbocycles. The molecule has 1 heterocycles. The van der Waals surface area contributed by atoms with Crippen molar-refractivity contribution in [3.05, 3.63) is 118 Å². The molecule has 3 aromatic rings. The number of halogens is 2. The van der Waals surface area contributed by atoms with Gasteiger partial charge < -0.3 is 26.4 Å². The second-order valence-corrected chi connectivity index (χ2v) is 12.1. The molecule has 1 aliphatic heterocycles. The summed E-state index contributed by atoms with van der Waals surface area (Å²) in [6, 6.07) is 16.2. The Morgan fingerprint density at radius 2 is 1.89 bits per heavy atom. The number of nitrogens with one attached hydrogen (secondary N) is 2. The molecular formula is C34H38F2N4O3S. The Labute approximate surface area is 261 Å². The van der Waals surface area contributed by atoms with Crippen LogP contribution in [0.3, 0.4) is 0 Å². The summed E-state index contributed by atoms with van der Waals surface area (Å²) in [6.07, 6.45) is 1.20. The van der Waals surface area contributed by atoms with Crippen molar-refractivity contribution in [3.63, 3.8) is 0 Å². The Hall–Kier alpha value is -3.99. The highest BCUT2D eigenvalue weighted by Gasteiger charge is 2.31. The Bertz CT molecular complexity index is 1520. The molecule has 5 N–H and O–H groups in total. The quantitative estimate of drug-likeness (QED) is 0.221. The van der Waals surface area contributed by atoms with E-state index in [-0.39, 0.29) is 34.8 Å². The Morgan fingerprint density at radius 1 is 1.16 bits per heavy atom. The fourth-order valence-corrected chi connectivity index (χ4v) is 5.81. The van der Waals surface area contributed by atoms with Crippen molar-refractivity contribution in [2.45, 2.75) is 44.4 Å². The Kier molecular flexibility index (Phi) is 11.3.